The van der Waals surface area contributed by atoms with Gasteiger partial charge in [0, 0.05) is 13.0 Å². The molecular formula is C13H27NO2. The van der Waals surface area contributed by atoms with Crippen molar-refractivity contribution in [3.05, 3.63) is 0 Å². The van der Waals surface area contributed by atoms with Crippen LogP contribution in [0.25, 0.3) is 0 Å². The van der Waals surface area contributed by atoms with Crippen LogP contribution in [0.15, 0.2) is 0 Å². The molecule has 0 aromatic heterocycles. The minimum absolute atomic E-state index is 0.00596. The van der Waals surface area contributed by atoms with Crippen LogP contribution < -0.4 is 5.32 Å². The molecule has 0 saturated carbocycles. The van der Waals surface area contributed by atoms with E-state index >= 15 is 0 Å². The van der Waals surface area contributed by atoms with Crippen LogP contribution >= 0.6 is 0 Å². The monoisotopic (exact) mass is 229 g/mol. The Morgan fingerprint density at radius 3 is 2.12 bits per heavy atom. The molecule has 0 aliphatic heterocycles. The summed E-state index contributed by atoms with van der Waals surface area (Å²) < 4.78 is 0. The fourth-order valence-corrected chi connectivity index (χ4v) is 1.78. The highest BCUT2D eigenvalue weighted by atomic mass is 16.3. The van der Waals surface area contributed by atoms with Gasteiger partial charge in [-0.1, -0.05) is 34.6 Å². The van der Waals surface area contributed by atoms with Crippen molar-refractivity contribution in [3.63, 3.8) is 0 Å². The Balaban J connectivity index is 4.00. The van der Waals surface area contributed by atoms with Gasteiger partial charge in [-0.3, -0.25) is 4.79 Å². The molecule has 1 unspecified atom stereocenters. The maximum Gasteiger partial charge on any atom is 0.220 e. The highest BCUT2D eigenvalue weighted by Crippen LogP contribution is 2.19. The molecular weight excluding hydrogens is 202 g/mol. The van der Waals surface area contributed by atoms with Crippen LogP contribution in [-0.4, -0.2) is 23.2 Å². The zero-order valence-corrected chi connectivity index (χ0v) is 11.6. The lowest BCUT2D eigenvalue weighted by Crippen LogP contribution is -2.42. The molecule has 3 nitrogen and oxygen atoms in total. The van der Waals surface area contributed by atoms with Gasteiger partial charge < -0.3 is 10.4 Å². The third-order valence-electron chi connectivity index (χ3n) is 2.21. The lowest BCUT2D eigenvalue weighted by molar-refractivity contribution is -0.124. The lowest BCUT2D eigenvalue weighted by atomic mass is 9.91. The van der Waals surface area contributed by atoms with Crippen molar-refractivity contribution in [1.82, 2.24) is 5.32 Å². The van der Waals surface area contributed by atoms with Gasteiger partial charge >= 0.3 is 0 Å². The maximum atomic E-state index is 11.6. The van der Waals surface area contributed by atoms with Crippen molar-refractivity contribution in [2.45, 2.75) is 60.0 Å². The molecule has 0 aromatic rings. The molecule has 0 fully saturated rings. The summed E-state index contributed by atoms with van der Waals surface area (Å²) in [7, 11) is 0. The quantitative estimate of drug-likeness (QED) is 0.760. The Morgan fingerprint density at radius 2 is 1.75 bits per heavy atom. The Hall–Kier alpha value is -0.570. The normalized spacial score (nSPS) is 16.0. The molecule has 1 amide bonds. The summed E-state index contributed by atoms with van der Waals surface area (Å²) in [6.45, 7) is 12.3. The summed E-state index contributed by atoms with van der Waals surface area (Å²) in [6.07, 6.45) is 1.19. The molecule has 0 rings (SSSR count). The maximum absolute atomic E-state index is 11.6. The molecule has 1 atom stereocenters. The Kier molecular flexibility index (Phi) is 5.47. The number of hydrogen-bond donors (Lipinski definition) is 2. The molecule has 0 aliphatic carbocycles. The van der Waals surface area contributed by atoms with Crippen molar-refractivity contribution >= 4 is 5.91 Å². The van der Waals surface area contributed by atoms with Gasteiger partial charge in [0.15, 0.2) is 0 Å². The van der Waals surface area contributed by atoms with E-state index in [1.165, 1.54) is 0 Å². The SMILES string of the molecule is CC(C)CC(C)(O)CNC(=O)CC(C)(C)C. The minimum Gasteiger partial charge on any atom is -0.388 e. The van der Waals surface area contributed by atoms with E-state index in [4.69, 9.17) is 0 Å². The third kappa shape index (κ3) is 8.72. The van der Waals surface area contributed by atoms with E-state index < -0.39 is 5.60 Å². The van der Waals surface area contributed by atoms with Crippen LogP contribution in [0.3, 0.4) is 0 Å². The van der Waals surface area contributed by atoms with Gasteiger partial charge in [-0.05, 0) is 24.7 Å². The Morgan fingerprint density at radius 1 is 1.25 bits per heavy atom. The topological polar surface area (TPSA) is 49.3 Å². The number of rotatable bonds is 5. The summed E-state index contributed by atoms with van der Waals surface area (Å²) in [6, 6.07) is 0. The van der Waals surface area contributed by atoms with Crippen molar-refractivity contribution in [1.29, 1.82) is 0 Å². The summed E-state index contributed by atoms with van der Waals surface area (Å²) in [5.74, 6) is 0.436. The predicted molar refractivity (Wildman–Crippen MR) is 67.2 cm³/mol. The molecule has 0 spiro atoms. The fourth-order valence-electron chi connectivity index (χ4n) is 1.78. The number of amides is 1. The Bertz CT molecular complexity index is 227. The molecule has 0 aromatic carbocycles. The first-order valence-electron chi connectivity index (χ1n) is 6.01. The highest BCUT2D eigenvalue weighted by molar-refractivity contribution is 5.76. The third-order valence-corrected chi connectivity index (χ3v) is 2.21. The molecule has 0 heterocycles. The summed E-state index contributed by atoms with van der Waals surface area (Å²) in [5.41, 5.74) is -0.810. The van der Waals surface area contributed by atoms with Crippen LogP contribution in [0.2, 0.25) is 0 Å². The van der Waals surface area contributed by atoms with E-state index in [1.807, 2.05) is 20.8 Å². The van der Waals surface area contributed by atoms with Crippen LogP contribution in [0, 0.1) is 11.3 Å². The number of carbonyl (C=O) groups excluding carboxylic acids is 1. The van der Waals surface area contributed by atoms with Crippen molar-refractivity contribution in [2.75, 3.05) is 6.54 Å². The van der Waals surface area contributed by atoms with Gasteiger partial charge in [0.1, 0.15) is 0 Å². The molecule has 2 N–H and O–H groups in total. The van der Waals surface area contributed by atoms with Gasteiger partial charge in [0.2, 0.25) is 5.91 Å². The van der Waals surface area contributed by atoms with Gasteiger partial charge in [-0.15, -0.1) is 0 Å². The van der Waals surface area contributed by atoms with Gasteiger partial charge in [0.25, 0.3) is 0 Å². The number of aliphatic hydroxyl groups is 1. The molecule has 3 heteroatoms. The summed E-state index contributed by atoms with van der Waals surface area (Å²) in [5, 5.41) is 12.8. The predicted octanol–water partition coefficient (Wildman–Crippen LogP) is 2.34. The average Bonchev–Trinajstić information content (AvgIpc) is 1.95. The van der Waals surface area contributed by atoms with E-state index in [0.29, 0.717) is 25.3 Å². The van der Waals surface area contributed by atoms with Gasteiger partial charge in [-0.2, -0.15) is 0 Å². The van der Waals surface area contributed by atoms with Crippen LogP contribution in [-0.2, 0) is 4.79 Å². The van der Waals surface area contributed by atoms with Crippen LogP contribution in [0.4, 0.5) is 0 Å². The summed E-state index contributed by atoms with van der Waals surface area (Å²) in [4.78, 5) is 11.6. The van der Waals surface area contributed by atoms with E-state index in [1.54, 1.807) is 6.92 Å². The van der Waals surface area contributed by atoms with Crippen LogP contribution in [0.5, 0.6) is 0 Å². The lowest BCUT2D eigenvalue weighted by Gasteiger charge is -2.26. The highest BCUT2D eigenvalue weighted by Gasteiger charge is 2.23. The van der Waals surface area contributed by atoms with Crippen molar-refractivity contribution in [3.8, 4) is 0 Å². The van der Waals surface area contributed by atoms with E-state index in [-0.39, 0.29) is 11.3 Å². The minimum atomic E-state index is -0.804. The molecule has 0 aliphatic rings. The second-order valence-corrected chi connectivity index (χ2v) is 6.61. The number of hydrogen-bond acceptors (Lipinski definition) is 2. The number of carbonyl (C=O) groups is 1. The van der Waals surface area contributed by atoms with Gasteiger partial charge in [-0.25, -0.2) is 0 Å². The van der Waals surface area contributed by atoms with E-state index in [2.05, 4.69) is 19.2 Å². The molecule has 16 heavy (non-hydrogen) atoms. The van der Waals surface area contributed by atoms with E-state index in [0.717, 1.165) is 0 Å². The fraction of sp³-hybridized carbons (Fsp3) is 0.923. The van der Waals surface area contributed by atoms with Crippen molar-refractivity contribution in [2.24, 2.45) is 11.3 Å². The zero-order valence-electron chi connectivity index (χ0n) is 11.6. The zero-order chi connectivity index (χ0) is 13.0. The molecule has 0 saturated heterocycles. The van der Waals surface area contributed by atoms with Crippen molar-refractivity contribution < 1.29 is 9.90 Å². The average molecular weight is 229 g/mol. The largest absolute Gasteiger partial charge is 0.388 e. The van der Waals surface area contributed by atoms with Gasteiger partial charge in [0.05, 0.1) is 5.60 Å². The summed E-state index contributed by atoms with van der Waals surface area (Å²) >= 11 is 0. The molecule has 96 valence electrons. The number of nitrogens with one attached hydrogen (secondary N) is 1. The molecule has 0 radical (unpaired) electrons. The first-order chi connectivity index (χ1) is 7.02. The standard InChI is InChI=1S/C13H27NO2/c1-10(2)7-13(6,16)9-14-11(15)8-12(3,4)5/h10,16H,7-9H2,1-6H3,(H,14,15). The molecule has 0 bridgehead atoms. The Labute approximate surface area is 99.6 Å². The first kappa shape index (κ1) is 15.4. The second kappa shape index (κ2) is 5.67. The first-order valence-corrected chi connectivity index (χ1v) is 6.01. The van der Waals surface area contributed by atoms with Crippen LogP contribution in [0.1, 0.15) is 54.4 Å². The smallest absolute Gasteiger partial charge is 0.220 e. The van der Waals surface area contributed by atoms with E-state index in [9.17, 15) is 9.90 Å². The second-order valence-electron chi connectivity index (χ2n) is 6.61.